The molecule has 0 saturated heterocycles. The molecule has 2 aromatic rings. The first-order valence-electron chi connectivity index (χ1n) is 4.75. The molecule has 78 valence electrons. The van der Waals surface area contributed by atoms with Crippen LogP contribution in [0.4, 0.5) is 0 Å². The Kier molecular flexibility index (Phi) is 2.03. The Hall–Kier alpha value is -1.77. The van der Waals surface area contributed by atoms with Gasteiger partial charge >= 0.3 is 5.97 Å². The zero-order valence-electron chi connectivity index (χ0n) is 8.92. The van der Waals surface area contributed by atoms with E-state index in [-0.39, 0.29) is 5.56 Å². The average Bonchev–Trinajstić information content (AvgIpc) is 2.50. The van der Waals surface area contributed by atoms with Crippen molar-refractivity contribution in [2.24, 2.45) is 0 Å². The van der Waals surface area contributed by atoms with Gasteiger partial charge in [-0.15, -0.1) is 0 Å². The number of furan rings is 1. The second kappa shape index (κ2) is 3.12. The molecule has 0 aliphatic carbocycles. The average molecular weight is 204 g/mol. The molecule has 0 atom stereocenters. The molecule has 1 heterocycles. The third kappa shape index (κ3) is 1.31. The minimum Gasteiger partial charge on any atom is -0.478 e. The summed E-state index contributed by atoms with van der Waals surface area (Å²) in [7, 11) is 0. The second-order valence-electron chi connectivity index (χ2n) is 3.74. The highest BCUT2D eigenvalue weighted by Crippen LogP contribution is 2.30. The Morgan fingerprint density at radius 1 is 1.20 bits per heavy atom. The second-order valence-corrected chi connectivity index (χ2v) is 3.74. The van der Waals surface area contributed by atoms with Crippen LogP contribution in [0.25, 0.3) is 11.0 Å². The maximum absolute atomic E-state index is 11.1. The highest BCUT2D eigenvalue weighted by atomic mass is 16.4. The highest BCUT2D eigenvalue weighted by molar-refractivity contribution is 6.05. The van der Waals surface area contributed by atoms with Gasteiger partial charge in [0.1, 0.15) is 16.9 Å². The Morgan fingerprint density at radius 3 is 2.40 bits per heavy atom. The maximum Gasteiger partial charge on any atom is 0.339 e. The fraction of sp³-hybridized carbons (Fsp3) is 0.250. The van der Waals surface area contributed by atoms with Crippen LogP contribution in [0.3, 0.4) is 0 Å². The number of rotatable bonds is 1. The fourth-order valence-corrected chi connectivity index (χ4v) is 1.87. The first kappa shape index (κ1) is 9.77. The molecule has 0 amide bonds. The smallest absolute Gasteiger partial charge is 0.339 e. The van der Waals surface area contributed by atoms with Crippen LogP contribution in [-0.4, -0.2) is 11.1 Å². The molecule has 0 fully saturated rings. The van der Waals surface area contributed by atoms with E-state index >= 15 is 0 Å². The van der Waals surface area contributed by atoms with Crippen molar-refractivity contribution in [3.05, 3.63) is 34.6 Å². The molecule has 0 spiro atoms. The number of aromatic carboxylic acids is 1. The van der Waals surface area contributed by atoms with Gasteiger partial charge in [-0.2, -0.15) is 0 Å². The molecular weight excluding hydrogens is 192 g/mol. The van der Waals surface area contributed by atoms with Crippen molar-refractivity contribution < 1.29 is 14.3 Å². The summed E-state index contributed by atoms with van der Waals surface area (Å²) in [4.78, 5) is 11.1. The summed E-state index contributed by atoms with van der Waals surface area (Å²) in [5.74, 6) is -0.463. The third-order valence-corrected chi connectivity index (χ3v) is 2.63. The summed E-state index contributed by atoms with van der Waals surface area (Å²) in [6.07, 6.45) is 0. The lowest BCUT2D eigenvalue weighted by Gasteiger charge is -1.99. The van der Waals surface area contributed by atoms with Gasteiger partial charge in [-0.05, 0) is 31.9 Å². The van der Waals surface area contributed by atoms with Gasteiger partial charge in [0, 0.05) is 5.39 Å². The quantitative estimate of drug-likeness (QED) is 0.776. The van der Waals surface area contributed by atoms with Crippen LogP contribution in [-0.2, 0) is 0 Å². The van der Waals surface area contributed by atoms with Crippen molar-refractivity contribution in [3.63, 3.8) is 0 Å². The first-order chi connectivity index (χ1) is 7.02. The predicted molar refractivity (Wildman–Crippen MR) is 57.4 cm³/mol. The molecule has 2 rings (SSSR count). The molecule has 3 heteroatoms. The lowest BCUT2D eigenvalue weighted by Crippen LogP contribution is -1.97. The van der Waals surface area contributed by atoms with Crippen molar-refractivity contribution >= 4 is 16.9 Å². The molecule has 0 aliphatic rings. The number of hydrogen-bond acceptors (Lipinski definition) is 2. The minimum atomic E-state index is -0.931. The van der Waals surface area contributed by atoms with E-state index in [1.54, 1.807) is 6.92 Å². The van der Waals surface area contributed by atoms with E-state index < -0.39 is 5.97 Å². The monoisotopic (exact) mass is 204 g/mol. The molecule has 0 saturated carbocycles. The molecule has 15 heavy (non-hydrogen) atoms. The van der Waals surface area contributed by atoms with Crippen LogP contribution < -0.4 is 0 Å². The number of hydrogen-bond donors (Lipinski definition) is 1. The molecule has 1 N–H and O–H groups in total. The Morgan fingerprint density at radius 2 is 1.80 bits per heavy atom. The van der Waals surface area contributed by atoms with E-state index in [2.05, 4.69) is 0 Å². The number of aryl methyl sites for hydroxylation is 3. The first-order valence-corrected chi connectivity index (χ1v) is 4.75. The van der Waals surface area contributed by atoms with Crippen molar-refractivity contribution in [2.75, 3.05) is 0 Å². The molecule has 1 aromatic carbocycles. The molecule has 1 aromatic heterocycles. The highest BCUT2D eigenvalue weighted by Gasteiger charge is 2.19. The van der Waals surface area contributed by atoms with Crippen molar-refractivity contribution in [1.29, 1.82) is 0 Å². The van der Waals surface area contributed by atoms with Crippen LogP contribution in [0.15, 0.2) is 16.5 Å². The molecular formula is C12H12O3. The normalized spacial score (nSPS) is 10.9. The van der Waals surface area contributed by atoms with E-state index in [4.69, 9.17) is 9.52 Å². The zero-order valence-corrected chi connectivity index (χ0v) is 8.92. The molecule has 0 bridgehead atoms. The summed E-state index contributed by atoms with van der Waals surface area (Å²) in [5.41, 5.74) is 2.87. The van der Waals surface area contributed by atoms with Gasteiger partial charge in [0.15, 0.2) is 0 Å². The predicted octanol–water partition coefficient (Wildman–Crippen LogP) is 3.06. The number of carboxylic acids is 1. The number of benzene rings is 1. The SMILES string of the molecule is Cc1oc2c(C)ccc(C)c2c1C(=O)O. The van der Waals surface area contributed by atoms with Crippen molar-refractivity contribution in [2.45, 2.75) is 20.8 Å². The summed E-state index contributed by atoms with van der Waals surface area (Å²) in [6.45, 7) is 5.49. The van der Waals surface area contributed by atoms with Gasteiger partial charge in [-0.1, -0.05) is 12.1 Å². The topological polar surface area (TPSA) is 50.4 Å². The van der Waals surface area contributed by atoms with Gasteiger partial charge in [0.25, 0.3) is 0 Å². The van der Waals surface area contributed by atoms with E-state index in [1.165, 1.54) is 0 Å². The summed E-state index contributed by atoms with van der Waals surface area (Å²) in [6, 6.07) is 3.85. The van der Waals surface area contributed by atoms with Gasteiger partial charge in [-0.25, -0.2) is 4.79 Å². The van der Waals surface area contributed by atoms with Crippen LogP contribution in [0, 0.1) is 20.8 Å². The standard InChI is InChI=1S/C12H12O3/c1-6-4-5-7(2)11-9(6)10(12(13)14)8(3)15-11/h4-5H,1-3H3,(H,13,14). The van der Waals surface area contributed by atoms with Gasteiger partial charge in [0.2, 0.25) is 0 Å². The number of carbonyl (C=O) groups is 1. The molecule has 0 aliphatic heterocycles. The lowest BCUT2D eigenvalue weighted by molar-refractivity contribution is 0.0697. The Labute approximate surface area is 87.3 Å². The minimum absolute atomic E-state index is 0.284. The van der Waals surface area contributed by atoms with Gasteiger partial charge in [-0.3, -0.25) is 0 Å². The number of fused-ring (bicyclic) bond motifs is 1. The van der Waals surface area contributed by atoms with Gasteiger partial charge < -0.3 is 9.52 Å². The van der Waals surface area contributed by atoms with Crippen molar-refractivity contribution in [1.82, 2.24) is 0 Å². The summed E-state index contributed by atoms with van der Waals surface area (Å²) < 4.78 is 5.49. The van der Waals surface area contributed by atoms with Crippen LogP contribution in [0.1, 0.15) is 27.2 Å². The largest absolute Gasteiger partial charge is 0.478 e. The van der Waals surface area contributed by atoms with E-state index in [9.17, 15) is 4.79 Å². The maximum atomic E-state index is 11.1. The fourth-order valence-electron chi connectivity index (χ4n) is 1.87. The lowest BCUT2D eigenvalue weighted by atomic mass is 10.0. The molecule has 0 radical (unpaired) electrons. The van der Waals surface area contributed by atoms with E-state index in [0.29, 0.717) is 11.3 Å². The molecule has 3 nitrogen and oxygen atoms in total. The van der Waals surface area contributed by atoms with Gasteiger partial charge in [0.05, 0.1) is 0 Å². The Bertz CT molecular complexity index is 549. The summed E-state index contributed by atoms with van der Waals surface area (Å²) >= 11 is 0. The zero-order chi connectivity index (χ0) is 11.2. The summed E-state index contributed by atoms with van der Waals surface area (Å²) in [5, 5.41) is 9.83. The van der Waals surface area contributed by atoms with Crippen molar-refractivity contribution in [3.8, 4) is 0 Å². The molecule has 0 unspecified atom stereocenters. The Balaban J connectivity index is 2.98. The van der Waals surface area contributed by atoms with E-state index in [1.807, 2.05) is 26.0 Å². The third-order valence-electron chi connectivity index (χ3n) is 2.63. The van der Waals surface area contributed by atoms with Crippen LogP contribution >= 0.6 is 0 Å². The van der Waals surface area contributed by atoms with Crippen LogP contribution in [0.5, 0.6) is 0 Å². The van der Waals surface area contributed by atoms with Crippen LogP contribution in [0.2, 0.25) is 0 Å². The number of carboxylic acid groups (broad SMARTS) is 1. The van der Waals surface area contributed by atoms with E-state index in [0.717, 1.165) is 16.5 Å².